The summed E-state index contributed by atoms with van der Waals surface area (Å²) < 4.78 is 1.98. The summed E-state index contributed by atoms with van der Waals surface area (Å²) >= 11 is 0. The standard InChI is InChI=1S/C15H29N5/c1-4-18(5-2)14-7-8-19(12-14)15(9-16)13-10-17-20(6-3)11-13/h10-11,14-15H,4-9,12,16H2,1-3H3. The van der Waals surface area contributed by atoms with Crippen molar-refractivity contribution in [2.75, 3.05) is 32.7 Å². The number of aromatic nitrogens is 2. The maximum absolute atomic E-state index is 6.03. The Labute approximate surface area is 122 Å². The molecule has 1 saturated heterocycles. The Morgan fingerprint density at radius 3 is 2.70 bits per heavy atom. The second-order valence-electron chi connectivity index (χ2n) is 5.54. The van der Waals surface area contributed by atoms with Crippen LogP contribution >= 0.6 is 0 Å². The van der Waals surface area contributed by atoms with Gasteiger partial charge in [0.25, 0.3) is 0 Å². The van der Waals surface area contributed by atoms with Gasteiger partial charge in [-0.25, -0.2) is 0 Å². The van der Waals surface area contributed by atoms with Crippen molar-refractivity contribution in [1.29, 1.82) is 0 Å². The smallest absolute Gasteiger partial charge is 0.0538 e. The molecule has 20 heavy (non-hydrogen) atoms. The first-order chi connectivity index (χ1) is 9.73. The lowest BCUT2D eigenvalue weighted by atomic mass is 10.1. The van der Waals surface area contributed by atoms with Crippen molar-refractivity contribution in [1.82, 2.24) is 19.6 Å². The topological polar surface area (TPSA) is 50.3 Å². The molecule has 0 aromatic carbocycles. The molecule has 2 N–H and O–H groups in total. The predicted octanol–water partition coefficient (Wildman–Crippen LogP) is 1.32. The third-order valence-electron chi connectivity index (χ3n) is 4.55. The molecule has 0 saturated carbocycles. The number of nitrogens with zero attached hydrogens (tertiary/aromatic N) is 4. The maximum Gasteiger partial charge on any atom is 0.0538 e. The largest absolute Gasteiger partial charge is 0.329 e. The molecule has 2 atom stereocenters. The highest BCUT2D eigenvalue weighted by molar-refractivity contribution is 5.12. The Hall–Kier alpha value is -0.910. The number of aryl methyl sites for hydroxylation is 1. The van der Waals surface area contributed by atoms with Crippen LogP contribution in [0.3, 0.4) is 0 Å². The zero-order chi connectivity index (χ0) is 14.5. The van der Waals surface area contributed by atoms with Gasteiger partial charge in [-0.2, -0.15) is 5.10 Å². The first-order valence-electron chi connectivity index (χ1n) is 7.93. The molecular weight excluding hydrogens is 250 g/mol. The van der Waals surface area contributed by atoms with E-state index >= 15 is 0 Å². The van der Waals surface area contributed by atoms with Gasteiger partial charge >= 0.3 is 0 Å². The van der Waals surface area contributed by atoms with Gasteiger partial charge in [-0.3, -0.25) is 14.5 Å². The molecule has 2 rings (SSSR count). The molecule has 2 heterocycles. The second kappa shape index (κ2) is 7.20. The zero-order valence-corrected chi connectivity index (χ0v) is 13.1. The van der Waals surface area contributed by atoms with E-state index < -0.39 is 0 Å². The van der Waals surface area contributed by atoms with Crippen LogP contribution in [0.2, 0.25) is 0 Å². The molecule has 1 aromatic heterocycles. The van der Waals surface area contributed by atoms with Crippen LogP contribution in [0.25, 0.3) is 0 Å². The van der Waals surface area contributed by atoms with E-state index in [2.05, 4.69) is 41.9 Å². The molecule has 1 fully saturated rings. The molecule has 2 unspecified atom stereocenters. The van der Waals surface area contributed by atoms with Gasteiger partial charge < -0.3 is 5.73 Å². The van der Waals surface area contributed by atoms with Crippen LogP contribution in [0.5, 0.6) is 0 Å². The fourth-order valence-corrected chi connectivity index (χ4v) is 3.31. The SMILES string of the molecule is CCN(CC)C1CCN(C(CN)c2cnn(CC)c2)C1. The van der Waals surface area contributed by atoms with Crippen molar-refractivity contribution in [2.45, 2.75) is 45.8 Å². The van der Waals surface area contributed by atoms with Crippen LogP contribution < -0.4 is 5.73 Å². The van der Waals surface area contributed by atoms with Gasteiger partial charge in [0.15, 0.2) is 0 Å². The van der Waals surface area contributed by atoms with Crippen molar-refractivity contribution >= 4 is 0 Å². The van der Waals surface area contributed by atoms with Crippen molar-refractivity contribution in [2.24, 2.45) is 5.73 Å². The number of hydrogen-bond donors (Lipinski definition) is 1. The molecule has 114 valence electrons. The van der Waals surface area contributed by atoms with Gasteiger partial charge in [0.1, 0.15) is 0 Å². The molecule has 1 aliphatic rings. The Balaban J connectivity index is 2.02. The van der Waals surface area contributed by atoms with E-state index in [4.69, 9.17) is 5.73 Å². The summed E-state index contributed by atoms with van der Waals surface area (Å²) in [7, 11) is 0. The number of hydrogen-bond acceptors (Lipinski definition) is 4. The van der Waals surface area contributed by atoms with Crippen LogP contribution in [-0.2, 0) is 6.54 Å². The molecule has 5 heteroatoms. The van der Waals surface area contributed by atoms with E-state index in [1.165, 1.54) is 12.0 Å². The van der Waals surface area contributed by atoms with Gasteiger partial charge in [-0.05, 0) is 26.4 Å². The van der Waals surface area contributed by atoms with Gasteiger partial charge in [-0.1, -0.05) is 13.8 Å². The second-order valence-corrected chi connectivity index (χ2v) is 5.54. The average molecular weight is 279 g/mol. The van der Waals surface area contributed by atoms with Crippen LogP contribution in [0.4, 0.5) is 0 Å². The van der Waals surface area contributed by atoms with Gasteiger partial charge in [0, 0.05) is 44.0 Å². The Kier molecular flexibility index (Phi) is 5.57. The lowest BCUT2D eigenvalue weighted by molar-refractivity contribution is 0.189. The van der Waals surface area contributed by atoms with Crippen LogP contribution in [0, 0.1) is 0 Å². The normalized spacial score (nSPS) is 21.8. The summed E-state index contributed by atoms with van der Waals surface area (Å²) in [5, 5.41) is 4.39. The number of nitrogens with two attached hydrogens (primary N) is 1. The minimum atomic E-state index is 0.316. The van der Waals surface area contributed by atoms with E-state index in [0.29, 0.717) is 18.6 Å². The summed E-state index contributed by atoms with van der Waals surface area (Å²) in [6, 6.07) is 0.996. The number of rotatable bonds is 7. The molecule has 1 aliphatic heterocycles. The monoisotopic (exact) mass is 279 g/mol. The van der Waals surface area contributed by atoms with Crippen LogP contribution in [0.15, 0.2) is 12.4 Å². The Bertz CT molecular complexity index is 399. The Morgan fingerprint density at radius 1 is 1.40 bits per heavy atom. The highest BCUT2D eigenvalue weighted by Gasteiger charge is 2.31. The molecule has 0 radical (unpaired) electrons. The van der Waals surface area contributed by atoms with E-state index in [0.717, 1.165) is 32.7 Å². The molecule has 0 bridgehead atoms. The van der Waals surface area contributed by atoms with Gasteiger partial charge in [0.05, 0.1) is 12.2 Å². The average Bonchev–Trinajstić information content (AvgIpc) is 3.11. The fourth-order valence-electron chi connectivity index (χ4n) is 3.31. The maximum atomic E-state index is 6.03. The van der Waals surface area contributed by atoms with Crippen molar-refractivity contribution < 1.29 is 0 Å². The van der Waals surface area contributed by atoms with Gasteiger partial charge in [-0.15, -0.1) is 0 Å². The molecular formula is C15H29N5. The first-order valence-corrected chi connectivity index (χ1v) is 7.93. The number of likely N-dealkylation sites (N-methyl/N-ethyl adjacent to an activating group) is 1. The first kappa shape index (κ1) is 15.5. The summed E-state index contributed by atoms with van der Waals surface area (Å²) in [6.07, 6.45) is 5.37. The van der Waals surface area contributed by atoms with Crippen LogP contribution in [-0.4, -0.2) is 58.3 Å². The quantitative estimate of drug-likeness (QED) is 0.818. The van der Waals surface area contributed by atoms with Gasteiger partial charge in [0.2, 0.25) is 0 Å². The molecule has 1 aromatic rings. The summed E-state index contributed by atoms with van der Waals surface area (Å²) in [5.41, 5.74) is 7.29. The lowest BCUT2D eigenvalue weighted by Gasteiger charge is -2.29. The van der Waals surface area contributed by atoms with E-state index in [9.17, 15) is 0 Å². The van der Waals surface area contributed by atoms with Crippen LogP contribution in [0.1, 0.15) is 38.8 Å². The van der Waals surface area contributed by atoms with Crippen molar-refractivity contribution in [3.63, 3.8) is 0 Å². The third-order valence-corrected chi connectivity index (χ3v) is 4.55. The molecule has 5 nitrogen and oxygen atoms in total. The summed E-state index contributed by atoms with van der Waals surface area (Å²) in [4.78, 5) is 5.09. The van der Waals surface area contributed by atoms with E-state index in [1.807, 2.05) is 10.9 Å². The molecule has 0 amide bonds. The molecule has 0 spiro atoms. The zero-order valence-electron chi connectivity index (χ0n) is 13.1. The molecule has 0 aliphatic carbocycles. The Morgan fingerprint density at radius 2 is 2.15 bits per heavy atom. The van der Waals surface area contributed by atoms with E-state index in [-0.39, 0.29) is 0 Å². The predicted molar refractivity (Wildman–Crippen MR) is 82.6 cm³/mol. The minimum Gasteiger partial charge on any atom is -0.329 e. The van der Waals surface area contributed by atoms with Crippen molar-refractivity contribution in [3.05, 3.63) is 18.0 Å². The highest BCUT2D eigenvalue weighted by atomic mass is 15.3. The van der Waals surface area contributed by atoms with E-state index in [1.54, 1.807) is 0 Å². The highest BCUT2D eigenvalue weighted by Crippen LogP contribution is 2.26. The summed E-state index contributed by atoms with van der Waals surface area (Å²) in [6.45, 7) is 12.7. The van der Waals surface area contributed by atoms with Crippen molar-refractivity contribution in [3.8, 4) is 0 Å². The number of likely N-dealkylation sites (tertiary alicyclic amines) is 1. The minimum absolute atomic E-state index is 0.316. The fraction of sp³-hybridized carbons (Fsp3) is 0.800. The lowest BCUT2D eigenvalue weighted by Crippen LogP contribution is -2.39. The third kappa shape index (κ3) is 3.22. The summed E-state index contributed by atoms with van der Waals surface area (Å²) in [5.74, 6) is 0.